The van der Waals surface area contributed by atoms with Crippen LogP contribution >= 0.6 is 15.9 Å². The molecule has 178 valence electrons. The molecule has 4 N–H and O–H groups in total. The van der Waals surface area contributed by atoms with Crippen LogP contribution in [0.25, 0.3) is 11.2 Å². The van der Waals surface area contributed by atoms with Crippen LogP contribution in [0.4, 0.5) is 30.6 Å². The van der Waals surface area contributed by atoms with Crippen LogP contribution in [0.5, 0.6) is 5.75 Å². The molecule has 0 amide bonds. The van der Waals surface area contributed by atoms with Crippen LogP contribution < -0.4 is 21.1 Å². The SMILES string of the molecule is CC(C)n1cnc2c(Nc3cc(Br)cc(OC(F)(F)F)c3)nc(NC3CCC(N)CC3)nc21. The molecule has 2 heterocycles. The van der Waals surface area contributed by atoms with Gasteiger partial charge in [0.25, 0.3) is 0 Å². The summed E-state index contributed by atoms with van der Waals surface area (Å²) in [6.07, 6.45) is 0.564. The zero-order valence-electron chi connectivity index (χ0n) is 18.2. The third-order valence-electron chi connectivity index (χ3n) is 5.45. The maximum absolute atomic E-state index is 12.7. The van der Waals surface area contributed by atoms with Crippen molar-refractivity contribution in [1.82, 2.24) is 19.5 Å². The number of hydrogen-bond acceptors (Lipinski definition) is 7. The van der Waals surface area contributed by atoms with Gasteiger partial charge < -0.3 is 25.7 Å². The van der Waals surface area contributed by atoms with E-state index in [0.717, 1.165) is 25.7 Å². The van der Waals surface area contributed by atoms with E-state index in [1.165, 1.54) is 12.1 Å². The number of halogens is 4. The lowest BCUT2D eigenvalue weighted by atomic mass is 9.92. The van der Waals surface area contributed by atoms with E-state index < -0.39 is 6.36 Å². The number of aromatic nitrogens is 4. The van der Waals surface area contributed by atoms with Crippen molar-refractivity contribution in [1.29, 1.82) is 0 Å². The quantitative estimate of drug-likeness (QED) is 0.389. The summed E-state index contributed by atoms with van der Waals surface area (Å²) in [4.78, 5) is 13.7. The number of rotatable bonds is 6. The summed E-state index contributed by atoms with van der Waals surface area (Å²) in [5.41, 5.74) is 7.51. The fourth-order valence-corrected chi connectivity index (χ4v) is 4.33. The predicted molar refractivity (Wildman–Crippen MR) is 124 cm³/mol. The van der Waals surface area contributed by atoms with Gasteiger partial charge in [0.1, 0.15) is 5.75 Å². The van der Waals surface area contributed by atoms with Gasteiger partial charge in [-0.25, -0.2) is 4.98 Å². The average Bonchev–Trinajstić information content (AvgIpc) is 3.12. The Labute approximate surface area is 197 Å². The molecule has 1 saturated carbocycles. The molecule has 33 heavy (non-hydrogen) atoms. The number of benzene rings is 1. The van der Waals surface area contributed by atoms with Crippen LogP contribution in [0, 0.1) is 0 Å². The molecule has 0 bridgehead atoms. The third-order valence-corrected chi connectivity index (χ3v) is 5.91. The van der Waals surface area contributed by atoms with Crippen LogP contribution in [-0.2, 0) is 0 Å². The lowest BCUT2D eigenvalue weighted by Crippen LogP contribution is -2.33. The Morgan fingerprint density at radius 2 is 1.88 bits per heavy atom. The van der Waals surface area contributed by atoms with E-state index in [2.05, 4.69) is 46.3 Å². The standard InChI is InChI=1S/C21H25BrF3N7O/c1-11(2)32-10-27-17-18(28-15-7-12(22)8-16(9-15)33-21(23,24)25)30-20(31-19(17)32)29-14-5-3-13(26)4-6-14/h7-11,13-14H,3-6,26H2,1-2H3,(H2,28,29,30,31). The first-order chi connectivity index (χ1) is 15.6. The van der Waals surface area contributed by atoms with Crippen molar-refractivity contribution >= 4 is 44.5 Å². The Morgan fingerprint density at radius 1 is 1.15 bits per heavy atom. The van der Waals surface area contributed by atoms with E-state index in [1.807, 2.05) is 18.4 Å². The van der Waals surface area contributed by atoms with Crippen LogP contribution in [0.2, 0.25) is 0 Å². The van der Waals surface area contributed by atoms with Crippen LogP contribution in [0.15, 0.2) is 29.0 Å². The largest absolute Gasteiger partial charge is 0.573 e. The molecule has 4 rings (SSSR count). The Hall–Kier alpha value is -2.60. The van der Waals surface area contributed by atoms with E-state index in [4.69, 9.17) is 5.73 Å². The van der Waals surface area contributed by atoms with E-state index in [0.29, 0.717) is 33.1 Å². The lowest BCUT2D eigenvalue weighted by Gasteiger charge is -2.27. The highest BCUT2D eigenvalue weighted by Crippen LogP contribution is 2.32. The van der Waals surface area contributed by atoms with Gasteiger partial charge in [-0.05, 0) is 51.7 Å². The zero-order chi connectivity index (χ0) is 23.8. The summed E-state index contributed by atoms with van der Waals surface area (Å²) in [7, 11) is 0. The molecule has 1 aliphatic carbocycles. The third kappa shape index (κ3) is 5.85. The van der Waals surface area contributed by atoms with Crippen molar-refractivity contribution in [2.75, 3.05) is 10.6 Å². The molecule has 0 radical (unpaired) electrons. The van der Waals surface area contributed by atoms with Gasteiger partial charge in [-0.1, -0.05) is 15.9 Å². The summed E-state index contributed by atoms with van der Waals surface area (Å²) in [6.45, 7) is 4.03. The molecule has 0 spiro atoms. The Bertz CT molecular complexity index is 1130. The van der Waals surface area contributed by atoms with Crippen molar-refractivity contribution in [3.05, 3.63) is 29.0 Å². The Balaban J connectivity index is 1.69. The molecule has 2 aromatic heterocycles. The highest BCUT2D eigenvalue weighted by Gasteiger charge is 2.31. The fourth-order valence-electron chi connectivity index (χ4n) is 3.86. The van der Waals surface area contributed by atoms with Crippen LogP contribution in [0.1, 0.15) is 45.6 Å². The van der Waals surface area contributed by atoms with Gasteiger partial charge in [0.05, 0.1) is 6.33 Å². The van der Waals surface area contributed by atoms with Gasteiger partial charge in [0.2, 0.25) is 5.95 Å². The average molecular weight is 528 g/mol. The number of fused-ring (bicyclic) bond motifs is 1. The monoisotopic (exact) mass is 527 g/mol. The first kappa shape index (κ1) is 23.6. The zero-order valence-corrected chi connectivity index (χ0v) is 19.7. The van der Waals surface area contributed by atoms with Crippen molar-refractivity contribution < 1.29 is 17.9 Å². The van der Waals surface area contributed by atoms with E-state index in [9.17, 15) is 13.2 Å². The summed E-state index contributed by atoms with van der Waals surface area (Å²) < 4.78 is 44.5. The minimum Gasteiger partial charge on any atom is -0.406 e. The van der Waals surface area contributed by atoms with E-state index in [1.54, 1.807) is 12.4 Å². The first-order valence-electron chi connectivity index (χ1n) is 10.7. The fraction of sp³-hybridized carbons (Fsp3) is 0.476. The maximum Gasteiger partial charge on any atom is 0.573 e. The minimum absolute atomic E-state index is 0.107. The topological polar surface area (TPSA) is 103 Å². The number of imidazole rings is 1. The van der Waals surface area contributed by atoms with Crippen LogP contribution in [-0.4, -0.2) is 38.0 Å². The molecule has 1 aliphatic rings. The molecule has 0 saturated heterocycles. The van der Waals surface area contributed by atoms with Gasteiger partial charge in [-0.2, -0.15) is 9.97 Å². The normalized spacial score (nSPS) is 19.2. The summed E-state index contributed by atoms with van der Waals surface area (Å²) >= 11 is 3.23. The molecular formula is C21H25BrF3N7O. The number of ether oxygens (including phenoxy) is 1. The number of nitrogens with zero attached hydrogens (tertiary/aromatic N) is 4. The van der Waals surface area contributed by atoms with Gasteiger partial charge in [0.15, 0.2) is 17.0 Å². The molecular weight excluding hydrogens is 503 g/mol. The Kier molecular flexibility index (Phi) is 6.66. The van der Waals surface area contributed by atoms with Gasteiger partial charge in [0, 0.05) is 34.4 Å². The van der Waals surface area contributed by atoms with Gasteiger partial charge >= 0.3 is 6.36 Å². The van der Waals surface area contributed by atoms with Crippen LogP contribution in [0.3, 0.4) is 0 Å². The number of hydrogen-bond donors (Lipinski definition) is 3. The number of anilines is 3. The first-order valence-corrected chi connectivity index (χ1v) is 11.5. The number of nitrogens with one attached hydrogen (secondary N) is 2. The number of alkyl halides is 3. The second kappa shape index (κ2) is 9.34. The molecule has 1 aromatic carbocycles. The van der Waals surface area contributed by atoms with E-state index in [-0.39, 0.29) is 23.9 Å². The molecule has 0 atom stereocenters. The highest BCUT2D eigenvalue weighted by molar-refractivity contribution is 9.10. The lowest BCUT2D eigenvalue weighted by molar-refractivity contribution is -0.274. The van der Waals surface area contributed by atoms with Crippen molar-refractivity contribution in [3.63, 3.8) is 0 Å². The van der Waals surface area contributed by atoms with Crippen molar-refractivity contribution in [2.24, 2.45) is 5.73 Å². The van der Waals surface area contributed by atoms with Crippen molar-refractivity contribution in [2.45, 2.75) is 64.0 Å². The summed E-state index contributed by atoms with van der Waals surface area (Å²) in [6, 6.07) is 4.64. The maximum atomic E-state index is 12.7. The molecule has 0 aliphatic heterocycles. The number of nitrogens with two attached hydrogens (primary N) is 1. The minimum atomic E-state index is -4.80. The Morgan fingerprint density at radius 3 is 2.55 bits per heavy atom. The van der Waals surface area contributed by atoms with Gasteiger partial charge in [-0.3, -0.25) is 0 Å². The molecule has 3 aromatic rings. The molecule has 12 heteroatoms. The summed E-state index contributed by atoms with van der Waals surface area (Å²) in [5.74, 6) is 0.453. The second-order valence-corrected chi connectivity index (χ2v) is 9.33. The smallest absolute Gasteiger partial charge is 0.406 e. The molecule has 8 nitrogen and oxygen atoms in total. The molecule has 1 fully saturated rings. The van der Waals surface area contributed by atoms with Crippen molar-refractivity contribution in [3.8, 4) is 5.75 Å². The van der Waals surface area contributed by atoms with Gasteiger partial charge in [-0.15, -0.1) is 13.2 Å². The molecule has 0 unspecified atom stereocenters. The van der Waals surface area contributed by atoms with E-state index >= 15 is 0 Å². The predicted octanol–water partition coefficient (Wildman–Crippen LogP) is 5.49. The highest BCUT2D eigenvalue weighted by atomic mass is 79.9. The summed E-state index contributed by atoms with van der Waals surface area (Å²) in [5, 5.41) is 6.47. The second-order valence-electron chi connectivity index (χ2n) is 8.42.